The predicted molar refractivity (Wildman–Crippen MR) is 170 cm³/mol. The van der Waals surface area contributed by atoms with Gasteiger partial charge in [-0.25, -0.2) is 0 Å². The van der Waals surface area contributed by atoms with E-state index in [4.69, 9.17) is 30.4 Å². The van der Waals surface area contributed by atoms with E-state index in [-0.39, 0.29) is 83.9 Å². The average Bonchev–Trinajstić information content (AvgIpc) is 2.99. The fraction of sp³-hybridized carbons (Fsp3) is 0.531. The number of Topliss-reactive ketones (excluding diaryl/α,β-unsaturated/α-hetero) is 1. The number of ketones is 3. The zero-order chi connectivity index (χ0) is 32.5. The Morgan fingerprint density at radius 2 is 1.32 bits per heavy atom. The van der Waals surface area contributed by atoms with E-state index >= 15 is 0 Å². The molecule has 6 rings (SSSR count). The summed E-state index contributed by atoms with van der Waals surface area (Å²) in [7, 11) is 0. The van der Waals surface area contributed by atoms with Gasteiger partial charge in [-0.05, 0) is 20.8 Å². The van der Waals surface area contributed by atoms with E-state index < -0.39 is 89.6 Å². The molecule has 2 aromatic carbocycles. The normalized spacial score (nSPS) is 34.7. The standard InChI is InChI=1S/C32H38N2O11.2ClH/c1-12-26(36)19(33)9-22(42-12)44-21-8-17-18(11-32(21,14(3)35)45-23-10-20(34)27(37)13(2)43-23)31(41)25-24(30(17)40)28(38)15-6-4-5-7-16(15)29(25)39;;/h4-7,12-13,19-23,26-27,36-37,40-41H,8-11,33-34H2,1-3H3;2*1H. The van der Waals surface area contributed by atoms with Gasteiger partial charge in [0.1, 0.15) is 17.6 Å². The Bertz CT molecular complexity index is 1550. The molecule has 13 nitrogen and oxygen atoms in total. The summed E-state index contributed by atoms with van der Waals surface area (Å²) in [5.74, 6) is -2.85. The van der Waals surface area contributed by atoms with Gasteiger partial charge in [-0.1, -0.05) is 24.3 Å². The van der Waals surface area contributed by atoms with Gasteiger partial charge in [0.15, 0.2) is 35.5 Å². The quantitative estimate of drug-likeness (QED) is 0.206. The van der Waals surface area contributed by atoms with E-state index in [2.05, 4.69) is 0 Å². The van der Waals surface area contributed by atoms with Crippen LogP contribution in [0.5, 0.6) is 11.5 Å². The maximum atomic E-state index is 13.7. The van der Waals surface area contributed by atoms with Gasteiger partial charge in [0.05, 0.1) is 35.5 Å². The molecule has 15 heteroatoms. The molecule has 2 fully saturated rings. The summed E-state index contributed by atoms with van der Waals surface area (Å²) in [4.78, 5) is 40.9. The summed E-state index contributed by atoms with van der Waals surface area (Å²) >= 11 is 0. The number of fused-ring (bicyclic) bond motifs is 3. The van der Waals surface area contributed by atoms with Gasteiger partial charge < -0.3 is 50.8 Å². The monoisotopic (exact) mass is 698 g/mol. The number of halogens is 2. The molecule has 0 saturated carbocycles. The van der Waals surface area contributed by atoms with Crippen molar-refractivity contribution in [3.63, 3.8) is 0 Å². The topological polar surface area (TPSA) is 221 Å². The number of carbonyl (C=O) groups is 3. The smallest absolute Gasteiger partial charge is 0.198 e. The summed E-state index contributed by atoms with van der Waals surface area (Å²) in [5, 5.41) is 43.9. The number of aromatic hydroxyl groups is 2. The van der Waals surface area contributed by atoms with Crippen molar-refractivity contribution in [3.05, 3.63) is 57.6 Å². The van der Waals surface area contributed by atoms with Crippen LogP contribution in [-0.4, -0.2) is 98.6 Å². The highest BCUT2D eigenvalue weighted by Gasteiger charge is 2.55. The first-order valence-electron chi connectivity index (χ1n) is 15.1. The minimum Gasteiger partial charge on any atom is -0.507 e. The van der Waals surface area contributed by atoms with Gasteiger partial charge in [0.25, 0.3) is 0 Å². The molecule has 2 aliphatic heterocycles. The second-order valence-corrected chi connectivity index (χ2v) is 12.5. The Hall–Kier alpha value is -2.69. The van der Waals surface area contributed by atoms with Crippen LogP contribution in [0.1, 0.15) is 76.6 Å². The fourth-order valence-electron chi connectivity index (χ4n) is 7.01. The van der Waals surface area contributed by atoms with Crippen LogP contribution in [0, 0.1) is 0 Å². The Labute approximate surface area is 283 Å². The Morgan fingerprint density at radius 1 is 0.851 bits per heavy atom. The van der Waals surface area contributed by atoms with Crippen LogP contribution in [0.25, 0.3) is 0 Å². The fourth-order valence-corrected chi connectivity index (χ4v) is 7.01. The number of phenols is 2. The van der Waals surface area contributed by atoms with E-state index in [0.717, 1.165) is 0 Å². The summed E-state index contributed by atoms with van der Waals surface area (Å²) in [6.07, 6.45) is -7.12. The highest BCUT2D eigenvalue weighted by atomic mass is 35.5. The number of rotatable bonds is 5. The minimum absolute atomic E-state index is 0. The minimum atomic E-state index is -1.87. The maximum Gasteiger partial charge on any atom is 0.198 e. The number of carbonyl (C=O) groups excluding carboxylic acids is 3. The van der Waals surface area contributed by atoms with Crippen LogP contribution in [0.15, 0.2) is 24.3 Å². The molecule has 0 bridgehead atoms. The van der Waals surface area contributed by atoms with E-state index in [1.807, 2.05) is 0 Å². The maximum absolute atomic E-state index is 13.7. The molecule has 0 spiro atoms. The lowest BCUT2D eigenvalue weighted by Crippen LogP contribution is -2.62. The van der Waals surface area contributed by atoms with Crippen molar-refractivity contribution in [1.29, 1.82) is 0 Å². The molecule has 2 heterocycles. The highest BCUT2D eigenvalue weighted by molar-refractivity contribution is 6.30. The molecule has 2 aromatic rings. The van der Waals surface area contributed by atoms with Crippen LogP contribution >= 0.6 is 24.8 Å². The molecule has 2 aliphatic carbocycles. The molecule has 0 radical (unpaired) electrons. The van der Waals surface area contributed by atoms with Crippen molar-refractivity contribution in [2.45, 2.75) is 107 Å². The summed E-state index contributed by atoms with van der Waals surface area (Å²) in [6.45, 7) is 4.53. The van der Waals surface area contributed by atoms with E-state index in [1.165, 1.54) is 19.1 Å². The van der Waals surface area contributed by atoms with Crippen LogP contribution in [0.3, 0.4) is 0 Å². The van der Waals surface area contributed by atoms with Crippen molar-refractivity contribution in [3.8, 4) is 11.5 Å². The van der Waals surface area contributed by atoms with Crippen molar-refractivity contribution in [1.82, 2.24) is 0 Å². The number of aliphatic hydroxyl groups is 2. The second kappa shape index (κ2) is 13.7. The molecule has 10 unspecified atom stereocenters. The zero-order valence-electron chi connectivity index (χ0n) is 26.0. The third-order valence-corrected chi connectivity index (χ3v) is 9.63. The lowest BCUT2D eigenvalue weighted by atomic mass is 9.71. The molecule has 2 saturated heterocycles. The van der Waals surface area contributed by atoms with Gasteiger partial charge in [-0.3, -0.25) is 14.4 Å². The number of nitrogens with two attached hydrogens (primary N) is 2. The van der Waals surface area contributed by atoms with Crippen molar-refractivity contribution < 1.29 is 53.8 Å². The van der Waals surface area contributed by atoms with Crippen molar-refractivity contribution in [2.75, 3.05) is 0 Å². The zero-order valence-corrected chi connectivity index (χ0v) is 27.6. The average molecular weight is 700 g/mol. The molecule has 4 aliphatic rings. The van der Waals surface area contributed by atoms with E-state index in [9.17, 15) is 34.8 Å². The van der Waals surface area contributed by atoms with Crippen molar-refractivity contribution in [2.24, 2.45) is 11.5 Å². The van der Waals surface area contributed by atoms with Crippen molar-refractivity contribution >= 4 is 42.2 Å². The van der Waals surface area contributed by atoms with Gasteiger partial charge >= 0.3 is 0 Å². The van der Waals surface area contributed by atoms with Gasteiger partial charge in [-0.2, -0.15) is 0 Å². The number of hydrogen-bond acceptors (Lipinski definition) is 13. The highest BCUT2D eigenvalue weighted by Crippen LogP contribution is 2.49. The summed E-state index contributed by atoms with van der Waals surface area (Å²) in [6, 6.07) is 4.70. The molecule has 47 heavy (non-hydrogen) atoms. The number of aliphatic hydroxyl groups excluding tert-OH is 2. The Kier molecular flexibility index (Phi) is 10.8. The first-order chi connectivity index (χ1) is 21.2. The predicted octanol–water partition coefficient (Wildman–Crippen LogP) is 1.19. The summed E-state index contributed by atoms with van der Waals surface area (Å²) < 4.78 is 24.6. The molecule has 0 aromatic heterocycles. The Morgan fingerprint density at radius 3 is 1.81 bits per heavy atom. The molecule has 258 valence electrons. The lowest BCUT2D eigenvalue weighted by Gasteiger charge is -2.48. The van der Waals surface area contributed by atoms with Crippen LogP contribution in [0.4, 0.5) is 0 Å². The first-order valence-corrected chi connectivity index (χ1v) is 15.1. The SMILES string of the molecule is CC(=O)C1(OC2CC(N)C(O)C(C)O2)Cc2c(O)c3c(c(O)c2CC1OC1CC(N)C(O)C(C)O1)C(=O)c1ccccc1C3=O.Cl.Cl. The molecule has 8 N–H and O–H groups in total. The lowest BCUT2D eigenvalue weighted by molar-refractivity contribution is -0.304. The molecule has 10 atom stereocenters. The third kappa shape index (κ3) is 6.07. The van der Waals surface area contributed by atoms with E-state index in [0.29, 0.717) is 0 Å². The molecule has 0 amide bonds. The number of phenolic OH excluding ortho intramolecular Hbond substituents is 2. The number of benzene rings is 2. The second-order valence-electron chi connectivity index (χ2n) is 12.5. The first kappa shape index (κ1) is 37.1. The largest absolute Gasteiger partial charge is 0.507 e. The van der Waals surface area contributed by atoms with Crippen LogP contribution in [-0.2, 0) is 36.6 Å². The van der Waals surface area contributed by atoms with Gasteiger partial charge in [0.2, 0.25) is 0 Å². The molecular weight excluding hydrogens is 659 g/mol. The van der Waals surface area contributed by atoms with Gasteiger partial charge in [0, 0.05) is 60.0 Å². The van der Waals surface area contributed by atoms with Crippen LogP contribution < -0.4 is 11.5 Å². The summed E-state index contributed by atoms with van der Waals surface area (Å²) in [5.41, 5.74) is 10.0. The number of ether oxygens (including phenoxy) is 4. The molecular formula is C32H40Cl2N2O11. The van der Waals surface area contributed by atoms with Gasteiger partial charge in [-0.15, -0.1) is 24.8 Å². The van der Waals surface area contributed by atoms with E-state index in [1.54, 1.807) is 26.0 Å². The third-order valence-electron chi connectivity index (χ3n) is 9.63. The Balaban J connectivity index is 0.00000250. The number of hydrogen-bond donors (Lipinski definition) is 6. The van der Waals surface area contributed by atoms with Crippen LogP contribution in [0.2, 0.25) is 0 Å².